The first-order valence-corrected chi connectivity index (χ1v) is 15.1. The summed E-state index contributed by atoms with van der Waals surface area (Å²) in [5, 5.41) is 0. The number of aliphatic imine (C=N–C) groups is 4. The molecule has 6 aliphatic rings. The van der Waals surface area contributed by atoms with Gasteiger partial charge in [0.1, 0.15) is 13.6 Å². The van der Waals surface area contributed by atoms with Crippen LogP contribution in [-0.2, 0) is 18.9 Å². The Morgan fingerprint density at radius 1 is 0.459 bits per heavy atom. The predicted octanol–water partition coefficient (Wildman–Crippen LogP) is 5.43. The summed E-state index contributed by atoms with van der Waals surface area (Å²) in [7, 11) is 0. The third kappa shape index (κ3) is 6.61. The molecule has 8 nitrogen and oxygen atoms in total. The quantitative estimate of drug-likeness (QED) is 0.494. The first-order valence-electron chi connectivity index (χ1n) is 15.1. The smallest absolute Gasteiger partial charge is 0.147 e. The number of ether oxygens (including phenoxy) is 4. The lowest BCUT2D eigenvalue weighted by Gasteiger charge is -2.39. The Morgan fingerprint density at radius 2 is 0.865 bits per heavy atom. The van der Waals surface area contributed by atoms with Crippen LogP contribution in [0.15, 0.2) is 20.0 Å². The molecule has 2 heterocycles. The van der Waals surface area contributed by atoms with Crippen molar-refractivity contribution in [2.75, 3.05) is 13.6 Å². The summed E-state index contributed by atoms with van der Waals surface area (Å²) in [6, 6.07) is 6.80. The lowest BCUT2D eigenvalue weighted by Crippen LogP contribution is -2.40. The van der Waals surface area contributed by atoms with E-state index in [4.69, 9.17) is 38.9 Å². The van der Waals surface area contributed by atoms with Crippen LogP contribution in [0.4, 0.5) is 0 Å². The molecule has 0 spiro atoms. The van der Waals surface area contributed by atoms with E-state index >= 15 is 0 Å². The third-order valence-electron chi connectivity index (χ3n) is 9.75. The summed E-state index contributed by atoms with van der Waals surface area (Å²) < 4.78 is 24.6. The van der Waals surface area contributed by atoms with Crippen molar-refractivity contribution in [2.45, 2.75) is 145 Å². The maximum atomic E-state index is 6.21. The van der Waals surface area contributed by atoms with Gasteiger partial charge in [0.15, 0.2) is 0 Å². The van der Waals surface area contributed by atoms with E-state index in [1.165, 1.54) is 44.9 Å². The average molecular weight is 513 g/mol. The highest BCUT2D eigenvalue weighted by molar-refractivity contribution is 5.43. The zero-order valence-corrected chi connectivity index (χ0v) is 22.2. The molecule has 0 N–H and O–H groups in total. The largest absolute Gasteiger partial charge is 0.350 e. The van der Waals surface area contributed by atoms with Gasteiger partial charge in [-0.1, -0.05) is 25.7 Å². The van der Waals surface area contributed by atoms with Crippen LogP contribution >= 0.6 is 0 Å². The monoisotopic (exact) mass is 512 g/mol. The first kappa shape index (κ1) is 25.9. The van der Waals surface area contributed by atoms with Crippen molar-refractivity contribution in [1.82, 2.24) is 0 Å². The highest BCUT2D eigenvalue weighted by Crippen LogP contribution is 2.39. The van der Waals surface area contributed by atoms with Crippen LogP contribution in [-0.4, -0.2) is 74.2 Å². The first-order chi connectivity index (χ1) is 18.3. The lowest BCUT2D eigenvalue weighted by molar-refractivity contribution is -0.143. The summed E-state index contributed by atoms with van der Waals surface area (Å²) in [6.07, 6.45) is 17.4. The van der Waals surface area contributed by atoms with Crippen LogP contribution in [0.5, 0.6) is 0 Å². The number of nitrogens with zero attached hydrogens (tertiary/aromatic N) is 4. The zero-order valence-electron chi connectivity index (χ0n) is 22.2. The standard InChI is InChI=1S/C29H44N4O4/c1-3-7-26-22(5-1)30-16-32-24-14-20(9-11-28(24)36-18-34-26)13-21-10-12-29-25(15-21)33-17-31-23-6-2-4-8-27(23)35-19-37-29/h20-29H,1-15,18-19H2. The molecule has 0 saturated heterocycles. The van der Waals surface area contributed by atoms with Crippen LogP contribution in [0.25, 0.3) is 0 Å². The summed E-state index contributed by atoms with van der Waals surface area (Å²) in [4.78, 5) is 19.0. The molecule has 0 aromatic heterocycles. The minimum Gasteiger partial charge on any atom is -0.350 e. The molecule has 37 heavy (non-hydrogen) atoms. The van der Waals surface area contributed by atoms with Gasteiger partial charge in [0, 0.05) is 0 Å². The van der Waals surface area contributed by atoms with Gasteiger partial charge in [-0.25, -0.2) is 20.0 Å². The van der Waals surface area contributed by atoms with Crippen molar-refractivity contribution in [3.8, 4) is 0 Å². The van der Waals surface area contributed by atoms with Crippen LogP contribution in [0, 0.1) is 11.8 Å². The average Bonchev–Trinajstić information content (AvgIpc) is 2.93. The topological polar surface area (TPSA) is 86.4 Å². The van der Waals surface area contributed by atoms with Gasteiger partial charge in [0.2, 0.25) is 0 Å². The second-order valence-electron chi connectivity index (χ2n) is 12.2. The number of fused-ring (bicyclic) bond motifs is 4. The number of hydrogen-bond acceptors (Lipinski definition) is 8. The Morgan fingerprint density at radius 3 is 1.35 bits per heavy atom. The molecule has 4 saturated carbocycles. The fraction of sp³-hybridized carbons (Fsp3) is 0.931. The van der Waals surface area contributed by atoms with Crippen molar-refractivity contribution in [1.29, 1.82) is 0 Å². The normalized spacial score (nSPS) is 44.6. The van der Waals surface area contributed by atoms with E-state index in [1.807, 2.05) is 0 Å². The SMILES string of the molecule is C1=NC2CCCCC2OCOC2CCC(CC3CCC4OCOC5CCCCC5N=C=NC4C3)CC2N=1. The molecule has 0 aromatic carbocycles. The maximum Gasteiger partial charge on any atom is 0.147 e. The Balaban J connectivity index is 1.07. The van der Waals surface area contributed by atoms with Gasteiger partial charge in [0.25, 0.3) is 0 Å². The minimum atomic E-state index is 0.117. The molecule has 4 aliphatic carbocycles. The molecule has 0 aromatic rings. The second kappa shape index (κ2) is 12.6. The number of rotatable bonds is 2. The Labute approximate surface area is 221 Å². The fourth-order valence-electron chi connectivity index (χ4n) is 7.60. The van der Waals surface area contributed by atoms with Crippen LogP contribution in [0.3, 0.4) is 0 Å². The third-order valence-corrected chi connectivity index (χ3v) is 9.75. The molecule has 10 unspecified atom stereocenters. The molecular weight excluding hydrogens is 468 g/mol. The summed E-state index contributed by atoms with van der Waals surface area (Å²) in [5.74, 6) is 1.29. The van der Waals surface area contributed by atoms with Gasteiger partial charge in [-0.15, -0.1) is 0 Å². The molecule has 10 atom stereocenters. The van der Waals surface area contributed by atoms with Crippen molar-refractivity contribution in [2.24, 2.45) is 31.8 Å². The van der Waals surface area contributed by atoms with E-state index < -0.39 is 0 Å². The molecule has 6 rings (SSSR count). The van der Waals surface area contributed by atoms with Crippen molar-refractivity contribution in [3.05, 3.63) is 0 Å². The van der Waals surface area contributed by atoms with Gasteiger partial charge in [-0.2, -0.15) is 0 Å². The molecule has 0 radical (unpaired) electrons. The molecule has 8 heteroatoms. The van der Waals surface area contributed by atoms with E-state index in [0.717, 1.165) is 51.4 Å². The Hall–Kier alpha value is -1.40. The van der Waals surface area contributed by atoms with Gasteiger partial charge >= 0.3 is 0 Å². The number of hydrogen-bond donors (Lipinski definition) is 0. The lowest BCUT2D eigenvalue weighted by atomic mass is 9.74. The Bertz CT molecular complexity index is 815. The van der Waals surface area contributed by atoms with Crippen LogP contribution in [0.1, 0.15) is 96.3 Å². The van der Waals surface area contributed by atoms with E-state index in [9.17, 15) is 0 Å². The Kier molecular flexibility index (Phi) is 8.83. The molecule has 2 aliphatic heterocycles. The van der Waals surface area contributed by atoms with Gasteiger partial charge < -0.3 is 18.9 Å². The van der Waals surface area contributed by atoms with Crippen molar-refractivity contribution in [3.63, 3.8) is 0 Å². The van der Waals surface area contributed by atoms with Crippen LogP contribution in [0.2, 0.25) is 0 Å². The van der Waals surface area contributed by atoms with E-state index in [-0.39, 0.29) is 48.6 Å². The summed E-state index contributed by atoms with van der Waals surface area (Å²) in [6.45, 7) is 0.739. The van der Waals surface area contributed by atoms with Gasteiger partial charge in [-0.05, 0) is 82.5 Å². The van der Waals surface area contributed by atoms with Gasteiger partial charge in [-0.3, -0.25) is 0 Å². The summed E-state index contributed by atoms with van der Waals surface area (Å²) in [5.41, 5.74) is 0. The maximum absolute atomic E-state index is 6.21. The van der Waals surface area contributed by atoms with Crippen molar-refractivity contribution < 1.29 is 18.9 Å². The highest BCUT2D eigenvalue weighted by atomic mass is 16.7. The van der Waals surface area contributed by atoms with Crippen LogP contribution < -0.4 is 0 Å². The molecule has 0 amide bonds. The van der Waals surface area contributed by atoms with Gasteiger partial charge in [0.05, 0.1) is 60.6 Å². The van der Waals surface area contributed by atoms with E-state index in [2.05, 4.69) is 12.0 Å². The van der Waals surface area contributed by atoms with E-state index in [0.29, 0.717) is 25.4 Å². The predicted molar refractivity (Wildman–Crippen MR) is 140 cm³/mol. The molecule has 204 valence electrons. The molecule has 4 fully saturated rings. The fourth-order valence-corrected chi connectivity index (χ4v) is 7.60. The zero-order chi connectivity index (χ0) is 24.9. The molecule has 0 bridgehead atoms. The summed E-state index contributed by atoms with van der Waals surface area (Å²) >= 11 is 0. The molecular formula is C29H44N4O4. The van der Waals surface area contributed by atoms with Crippen molar-refractivity contribution >= 4 is 12.0 Å². The minimum absolute atomic E-state index is 0.117. The highest BCUT2D eigenvalue weighted by Gasteiger charge is 2.37. The van der Waals surface area contributed by atoms with E-state index in [1.54, 1.807) is 0 Å². The second-order valence-corrected chi connectivity index (χ2v) is 12.2.